The fraction of sp³-hybridized carbons (Fsp3) is 0.310. The minimum atomic E-state index is -1.21. The summed E-state index contributed by atoms with van der Waals surface area (Å²) in [7, 11) is 0. The van der Waals surface area contributed by atoms with Crippen LogP contribution in [0.25, 0.3) is 11.0 Å². The van der Waals surface area contributed by atoms with Gasteiger partial charge in [-0.15, -0.1) is 0 Å². The second-order valence-electron chi connectivity index (χ2n) is 9.13. The van der Waals surface area contributed by atoms with Gasteiger partial charge in [-0.2, -0.15) is 0 Å². The van der Waals surface area contributed by atoms with E-state index in [1.807, 2.05) is 69.3 Å². The summed E-state index contributed by atoms with van der Waals surface area (Å²) in [6.07, 6.45) is 0.685. The number of ether oxygens (including phenoxy) is 2. The lowest BCUT2D eigenvalue weighted by atomic mass is 9.97. The van der Waals surface area contributed by atoms with Crippen LogP contribution in [-0.4, -0.2) is 35.9 Å². The van der Waals surface area contributed by atoms with Crippen LogP contribution in [-0.2, 0) is 25.5 Å². The van der Waals surface area contributed by atoms with Crippen molar-refractivity contribution in [2.45, 2.75) is 45.6 Å². The fourth-order valence-electron chi connectivity index (χ4n) is 3.87. The molecule has 6 nitrogen and oxygen atoms in total. The van der Waals surface area contributed by atoms with Crippen molar-refractivity contribution in [1.82, 2.24) is 0 Å². The number of esters is 2. The van der Waals surface area contributed by atoms with Crippen molar-refractivity contribution >= 4 is 22.9 Å². The number of fused-ring (bicyclic) bond motifs is 1. The first-order chi connectivity index (χ1) is 16.8. The normalized spacial score (nSPS) is 17.1. The number of aliphatic hydroxyl groups is 1. The van der Waals surface area contributed by atoms with Gasteiger partial charge in [-0.05, 0) is 57.2 Å². The number of benzene rings is 2. The highest BCUT2D eigenvalue weighted by atomic mass is 16.6. The average molecular weight is 473 g/mol. The summed E-state index contributed by atoms with van der Waals surface area (Å²) < 4.78 is 16.5. The van der Waals surface area contributed by atoms with Crippen molar-refractivity contribution < 1.29 is 28.6 Å². The zero-order valence-electron chi connectivity index (χ0n) is 20.1. The third-order valence-electron chi connectivity index (χ3n) is 5.99. The minimum absolute atomic E-state index is 0.102. The van der Waals surface area contributed by atoms with Gasteiger partial charge in [0.2, 0.25) is 0 Å². The lowest BCUT2D eigenvalue weighted by molar-refractivity contribution is -0.166. The third-order valence-corrected chi connectivity index (χ3v) is 5.99. The highest BCUT2D eigenvalue weighted by Crippen LogP contribution is 2.33. The van der Waals surface area contributed by atoms with Crippen LogP contribution in [0.3, 0.4) is 0 Å². The Kier molecular flexibility index (Phi) is 7.09. The molecule has 1 N–H and O–H groups in total. The standard InChI is InChI=1S/C29H28O6/c1-19(2)25-16-29(17-30,35-28(25)32)18-33-27(31)13-11-24-15-23-14-22(10-12-26(23)34-24)9-8-21-6-4-20(3)5-7-21/h4-7,10,12,14-15,30H,11,13,16-18H2,1-3H3/t29-/m1/s1. The summed E-state index contributed by atoms with van der Waals surface area (Å²) in [5, 5.41) is 10.7. The monoisotopic (exact) mass is 472 g/mol. The molecule has 4 rings (SSSR count). The van der Waals surface area contributed by atoms with Crippen molar-refractivity contribution in [3.8, 4) is 11.8 Å². The van der Waals surface area contributed by atoms with Gasteiger partial charge in [0.05, 0.1) is 13.0 Å². The lowest BCUT2D eigenvalue weighted by Gasteiger charge is -2.24. The van der Waals surface area contributed by atoms with E-state index in [0.29, 0.717) is 17.8 Å². The number of hydrogen-bond acceptors (Lipinski definition) is 6. The second kappa shape index (κ2) is 10.2. The Bertz CT molecular complexity index is 1350. The third kappa shape index (κ3) is 5.82. The number of cyclic esters (lactones) is 1. The topological polar surface area (TPSA) is 86.0 Å². The number of aryl methyl sites for hydroxylation is 2. The summed E-state index contributed by atoms with van der Waals surface area (Å²) in [5.41, 5.74) is 3.87. The number of hydrogen-bond donors (Lipinski definition) is 1. The molecule has 0 spiro atoms. The molecule has 2 heterocycles. The molecule has 1 fully saturated rings. The minimum Gasteiger partial charge on any atom is -0.461 e. The predicted molar refractivity (Wildman–Crippen MR) is 132 cm³/mol. The van der Waals surface area contributed by atoms with E-state index < -0.39 is 24.1 Å². The van der Waals surface area contributed by atoms with Crippen LogP contribution < -0.4 is 0 Å². The van der Waals surface area contributed by atoms with E-state index in [4.69, 9.17) is 13.9 Å². The zero-order chi connectivity index (χ0) is 25.0. The van der Waals surface area contributed by atoms with Gasteiger partial charge in [-0.25, -0.2) is 4.79 Å². The Balaban J connectivity index is 1.34. The molecule has 0 radical (unpaired) electrons. The molecular formula is C29H28O6. The SMILES string of the molecule is CC(C)=C1C[C@@](CO)(COC(=O)CCc2cc3cc(C#Cc4ccc(C)cc4)ccc3o2)OC1=O. The van der Waals surface area contributed by atoms with Gasteiger partial charge in [0.15, 0.2) is 5.60 Å². The van der Waals surface area contributed by atoms with Crippen LogP contribution in [0, 0.1) is 18.8 Å². The molecule has 0 unspecified atom stereocenters. The number of aliphatic hydroxyl groups excluding tert-OH is 1. The lowest BCUT2D eigenvalue weighted by Crippen LogP contribution is -2.39. The van der Waals surface area contributed by atoms with Crippen molar-refractivity contribution in [3.63, 3.8) is 0 Å². The second-order valence-corrected chi connectivity index (χ2v) is 9.13. The molecule has 1 atom stereocenters. The molecule has 6 heteroatoms. The van der Waals surface area contributed by atoms with Crippen molar-refractivity contribution in [2.24, 2.45) is 0 Å². The van der Waals surface area contributed by atoms with Crippen molar-refractivity contribution in [3.05, 3.63) is 82.1 Å². The average Bonchev–Trinajstić information content (AvgIpc) is 3.41. The van der Waals surface area contributed by atoms with E-state index in [9.17, 15) is 14.7 Å². The zero-order valence-corrected chi connectivity index (χ0v) is 20.1. The highest BCUT2D eigenvalue weighted by Gasteiger charge is 2.45. The summed E-state index contributed by atoms with van der Waals surface area (Å²) in [4.78, 5) is 24.3. The van der Waals surface area contributed by atoms with Crippen molar-refractivity contribution in [1.29, 1.82) is 0 Å². The van der Waals surface area contributed by atoms with Gasteiger partial charge in [0.1, 0.15) is 18.0 Å². The van der Waals surface area contributed by atoms with Crippen molar-refractivity contribution in [2.75, 3.05) is 13.2 Å². The van der Waals surface area contributed by atoms with E-state index in [2.05, 4.69) is 11.8 Å². The maximum absolute atomic E-state index is 12.3. The Morgan fingerprint density at radius 2 is 1.80 bits per heavy atom. The van der Waals surface area contributed by atoms with Gasteiger partial charge < -0.3 is 19.0 Å². The molecule has 1 aliphatic heterocycles. The quantitative estimate of drug-likeness (QED) is 0.320. The first-order valence-electron chi connectivity index (χ1n) is 11.5. The van der Waals surface area contributed by atoms with E-state index in [1.54, 1.807) is 0 Å². The van der Waals surface area contributed by atoms with E-state index in [-0.39, 0.29) is 19.4 Å². The van der Waals surface area contributed by atoms with Gasteiger partial charge in [0.25, 0.3) is 0 Å². The molecule has 1 saturated heterocycles. The Labute approximate surface area is 204 Å². The molecule has 0 amide bonds. The molecule has 0 bridgehead atoms. The number of allylic oxidation sites excluding steroid dienone is 1. The van der Waals surface area contributed by atoms with Gasteiger partial charge >= 0.3 is 11.9 Å². The summed E-state index contributed by atoms with van der Waals surface area (Å²) in [6.45, 7) is 5.06. The van der Waals surface area contributed by atoms with E-state index in [0.717, 1.165) is 27.7 Å². The first kappa shape index (κ1) is 24.3. The maximum atomic E-state index is 12.3. The van der Waals surface area contributed by atoms with Crippen LogP contribution in [0.4, 0.5) is 0 Å². The van der Waals surface area contributed by atoms with Crippen LogP contribution in [0.15, 0.2) is 64.1 Å². The van der Waals surface area contributed by atoms with Crippen LogP contribution in [0.2, 0.25) is 0 Å². The van der Waals surface area contributed by atoms with E-state index >= 15 is 0 Å². The molecule has 1 aromatic heterocycles. The molecule has 35 heavy (non-hydrogen) atoms. The molecule has 0 aliphatic carbocycles. The summed E-state index contributed by atoms with van der Waals surface area (Å²) in [6, 6.07) is 15.7. The number of carbonyl (C=O) groups is 2. The van der Waals surface area contributed by atoms with Gasteiger partial charge in [-0.1, -0.05) is 35.1 Å². The molecule has 2 aromatic carbocycles. The largest absolute Gasteiger partial charge is 0.461 e. The fourth-order valence-corrected chi connectivity index (χ4v) is 3.87. The molecule has 1 aliphatic rings. The molecule has 0 saturated carbocycles. The van der Waals surface area contributed by atoms with Gasteiger partial charge in [-0.3, -0.25) is 4.79 Å². The summed E-state index contributed by atoms with van der Waals surface area (Å²) in [5.74, 6) is 6.07. The van der Waals surface area contributed by atoms with E-state index in [1.165, 1.54) is 5.56 Å². The molecule has 180 valence electrons. The smallest absolute Gasteiger partial charge is 0.334 e. The first-order valence-corrected chi connectivity index (χ1v) is 11.5. The number of carbonyl (C=O) groups excluding carboxylic acids is 2. The molecule has 3 aromatic rings. The Morgan fingerprint density at radius 3 is 2.49 bits per heavy atom. The Hall–Kier alpha value is -3.82. The predicted octanol–water partition coefficient (Wildman–Crippen LogP) is 4.63. The Morgan fingerprint density at radius 1 is 1.09 bits per heavy atom. The number of rotatable bonds is 6. The maximum Gasteiger partial charge on any atom is 0.334 e. The van der Waals surface area contributed by atoms with Crippen LogP contribution in [0.5, 0.6) is 0 Å². The molecular weight excluding hydrogens is 444 g/mol. The van der Waals surface area contributed by atoms with Gasteiger partial charge in [0, 0.05) is 34.9 Å². The van der Waals surface area contributed by atoms with Crippen LogP contribution in [0.1, 0.15) is 49.1 Å². The highest BCUT2D eigenvalue weighted by molar-refractivity contribution is 5.92. The number of furan rings is 1. The van der Waals surface area contributed by atoms with Crippen LogP contribution >= 0.6 is 0 Å². The summed E-state index contributed by atoms with van der Waals surface area (Å²) >= 11 is 0.